The maximum atomic E-state index is 11.3. The lowest BCUT2D eigenvalue weighted by Crippen LogP contribution is -2.61. The van der Waals surface area contributed by atoms with Gasteiger partial charge in [0.25, 0.3) is 0 Å². The average Bonchev–Trinajstić information content (AvgIpc) is 2.40. The molecule has 0 radical (unpaired) electrons. The standard InChI is InChI=1S/C13H22O8/c1-7(14)19-12-11(18-5)10(17-4)9(6-16-3)21-13(12)20-8(2)15/h9-13H,6H2,1-5H3/t9?,10-,11?,12?,13+/m0/s1. The molecule has 0 bridgehead atoms. The molecular weight excluding hydrogens is 284 g/mol. The van der Waals surface area contributed by atoms with E-state index in [1.165, 1.54) is 35.2 Å². The van der Waals surface area contributed by atoms with Crippen molar-refractivity contribution >= 4 is 11.9 Å². The summed E-state index contributed by atoms with van der Waals surface area (Å²) in [6.45, 7) is 2.70. The fourth-order valence-corrected chi connectivity index (χ4v) is 2.31. The third-order valence-corrected chi connectivity index (χ3v) is 3.05. The predicted octanol–water partition coefficient (Wildman–Crippen LogP) is -0.117. The van der Waals surface area contributed by atoms with E-state index in [9.17, 15) is 9.59 Å². The fourth-order valence-electron chi connectivity index (χ4n) is 2.31. The quantitative estimate of drug-likeness (QED) is 0.628. The Hall–Kier alpha value is -1.22. The van der Waals surface area contributed by atoms with Gasteiger partial charge in [-0.15, -0.1) is 0 Å². The molecule has 1 saturated heterocycles. The molecule has 1 rings (SSSR count). The summed E-state index contributed by atoms with van der Waals surface area (Å²) in [4.78, 5) is 22.5. The van der Waals surface area contributed by atoms with Crippen molar-refractivity contribution in [2.24, 2.45) is 0 Å². The lowest BCUT2D eigenvalue weighted by Gasteiger charge is -2.43. The van der Waals surface area contributed by atoms with Crippen LogP contribution in [-0.4, -0.2) is 70.6 Å². The van der Waals surface area contributed by atoms with Crippen LogP contribution < -0.4 is 0 Å². The summed E-state index contributed by atoms with van der Waals surface area (Å²) < 4.78 is 31.7. The van der Waals surface area contributed by atoms with Gasteiger partial charge in [0, 0.05) is 35.2 Å². The molecular formula is C13H22O8. The van der Waals surface area contributed by atoms with Crippen LogP contribution >= 0.6 is 0 Å². The van der Waals surface area contributed by atoms with Crippen molar-refractivity contribution in [2.45, 2.75) is 44.6 Å². The monoisotopic (exact) mass is 306 g/mol. The Morgan fingerprint density at radius 1 is 0.905 bits per heavy atom. The Kier molecular flexibility index (Phi) is 7.03. The molecule has 0 saturated carbocycles. The normalized spacial score (nSPS) is 32.5. The maximum Gasteiger partial charge on any atom is 0.305 e. The number of hydrogen-bond donors (Lipinski definition) is 0. The van der Waals surface area contributed by atoms with Crippen molar-refractivity contribution < 1.29 is 38.0 Å². The molecule has 1 heterocycles. The van der Waals surface area contributed by atoms with Gasteiger partial charge in [0.15, 0.2) is 6.10 Å². The van der Waals surface area contributed by atoms with E-state index in [4.69, 9.17) is 28.4 Å². The van der Waals surface area contributed by atoms with Crippen molar-refractivity contribution in [2.75, 3.05) is 27.9 Å². The van der Waals surface area contributed by atoms with E-state index >= 15 is 0 Å². The molecule has 0 aromatic rings. The predicted molar refractivity (Wildman–Crippen MR) is 69.5 cm³/mol. The average molecular weight is 306 g/mol. The van der Waals surface area contributed by atoms with Crippen LogP contribution in [0.2, 0.25) is 0 Å². The Bertz CT molecular complexity index is 358. The highest BCUT2D eigenvalue weighted by atomic mass is 16.7. The van der Waals surface area contributed by atoms with E-state index in [0.717, 1.165) is 0 Å². The van der Waals surface area contributed by atoms with Gasteiger partial charge in [-0.2, -0.15) is 0 Å². The van der Waals surface area contributed by atoms with Crippen molar-refractivity contribution in [3.8, 4) is 0 Å². The number of rotatable bonds is 6. The number of esters is 2. The summed E-state index contributed by atoms with van der Waals surface area (Å²) in [5, 5.41) is 0. The summed E-state index contributed by atoms with van der Waals surface area (Å²) in [5.74, 6) is -1.10. The van der Waals surface area contributed by atoms with E-state index in [-0.39, 0.29) is 6.61 Å². The second kappa shape index (κ2) is 8.28. The topological polar surface area (TPSA) is 89.5 Å². The second-order valence-electron chi connectivity index (χ2n) is 4.58. The lowest BCUT2D eigenvalue weighted by molar-refractivity contribution is -0.302. The van der Waals surface area contributed by atoms with Gasteiger partial charge in [0.2, 0.25) is 6.29 Å². The first kappa shape index (κ1) is 17.8. The van der Waals surface area contributed by atoms with E-state index in [1.54, 1.807) is 0 Å². The molecule has 8 heteroatoms. The summed E-state index contributed by atoms with van der Waals surface area (Å²) >= 11 is 0. The maximum absolute atomic E-state index is 11.3. The Morgan fingerprint density at radius 3 is 1.90 bits per heavy atom. The van der Waals surface area contributed by atoms with Crippen molar-refractivity contribution in [3.63, 3.8) is 0 Å². The van der Waals surface area contributed by atoms with Crippen LogP contribution in [0.4, 0.5) is 0 Å². The minimum absolute atomic E-state index is 0.211. The van der Waals surface area contributed by atoms with E-state index < -0.39 is 42.6 Å². The van der Waals surface area contributed by atoms with E-state index in [0.29, 0.717) is 0 Å². The minimum Gasteiger partial charge on any atom is -0.453 e. The second-order valence-corrected chi connectivity index (χ2v) is 4.58. The third-order valence-electron chi connectivity index (χ3n) is 3.05. The molecule has 0 aromatic carbocycles. The minimum atomic E-state index is -1.08. The number of ether oxygens (including phenoxy) is 6. The third kappa shape index (κ3) is 4.63. The van der Waals surface area contributed by atoms with Crippen LogP contribution in [0.1, 0.15) is 13.8 Å². The molecule has 3 unspecified atom stereocenters. The molecule has 8 nitrogen and oxygen atoms in total. The fraction of sp³-hybridized carbons (Fsp3) is 0.846. The van der Waals surface area contributed by atoms with Gasteiger partial charge in [-0.05, 0) is 0 Å². The SMILES string of the molecule is COCC1O[C@@H](OC(C)=O)C(OC(C)=O)C(OC)[C@H]1OC. The van der Waals surface area contributed by atoms with Gasteiger partial charge in [0.05, 0.1) is 6.61 Å². The summed E-state index contributed by atoms with van der Waals surface area (Å²) in [6, 6.07) is 0. The first-order chi connectivity index (χ1) is 9.94. The Balaban J connectivity index is 3.02. The molecule has 5 atom stereocenters. The highest BCUT2D eigenvalue weighted by molar-refractivity contribution is 5.67. The molecule has 0 aliphatic carbocycles. The first-order valence-corrected chi connectivity index (χ1v) is 6.49. The highest BCUT2D eigenvalue weighted by Crippen LogP contribution is 2.28. The summed E-state index contributed by atoms with van der Waals surface area (Å²) in [6.07, 6.45) is -3.72. The number of carbonyl (C=O) groups excluding carboxylic acids is 2. The molecule has 0 N–H and O–H groups in total. The molecule has 0 amide bonds. The molecule has 1 fully saturated rings. The largest absolute Gasteiger partial charge is 0.453 e. The highest BCUT2D eigenvalue weighted by Gasteiger charge is 2.50. The Labute approximate surface area is 123 Å². The molecule has 0 aromatic heterocycles. The van der Waals surface area contributed by atoms with Crippen molar-refractivity contribution in [1.29, 1.82) is 0 Å². The van der Waals surface area contributed by atoms with Gasteiger partial charge in [-0.1, -0.05) is 0 Å². The smallest absolute Gasteiger partial charge is 0.305 e. The summed E-state index contributed by atoms with van der Waals surface area (Å²) in [7, 11) is 4.45. The van der Waals surface area contributed by atoms with Crippen LogP contribution in [0.3, 0.4) is 0 Å². The van der Waals surface area contributed by atoms with Crippen molar-refractivity contribution in [1.82, 2.24) is 0 Å². The molecule has 21 heavy (non-hydrogen) atoms. The van der Waals surface area contributed by atoms with Crippen LogP contribution in [-0.2, 0) is 38.0 Å². The van der Waals surface area contributed by atoms with Crippen molar-refractivity contribution in [3.05, 3.63) is 0 Å². The van der Waals surface area contributed by atoms with E-state index in [2.05, 4.69) is 0 Å². The zero-order chi connectivity index (χ0) is 16.0. The van der Waals surface area contributed by atoms with Crippen LogP contribution in [0.15, 0.2) is 0 Å². The summed E-state index contributed by atoms with van der Waals surface area (Å²) in [5.41, 5.74) is 0. The number of carbonyl (C=O) groups is 2. The number of hydrogen-bond acceptors (Lipinski definition) is 8. The van der Waals surface area contributed by atoms with E-state index in [1.807, 2.05) is 0 Å². The lowest BCUT2D eigenvalue weighted by atomic mass is 9.98. The number of methoxy groups -OCH3 is 3. The Morgan fingerprint density at radius 2 is 1.48 bits per heavy atom. The molecule has 1 aliphatic heterocycles. The van der Waals surface area contributed by atoms with Crippen LogP contribution in [0.25, 0.3) is 0 Å². The zero-order valence-electron chi connectivity index (χ0n) is 12.9. The zero-order valence-corrected chi connectivity index (χ0v) is 12.9. The van der Waals surface area contributed by atoms with Gasteiger partial charge in [-0.25, -0.2) is 0 Å². The van der Waals surface area contributed by atoms with Gasteiger partial charge in [-0.3, -0.25) is 9.59 Å². The van der Waals surface area contributed by atoms with Gasteiger partial charge in [0.1, 0.15) is 18.3 Å². The molecule has 122 valence electrons. The molecule has 1 aliphatic rings. The van der Waals surface area contributed by atoms with Gasteiger partial charge >= 0.3 is 11.9 Å². The van der Waals surface area contributed by atoms with Crippen LogP contribution in [0, 0.1) is 0 Å². The van der Waals surface area contributed by atoms with Crippen LogP contribution in [0.5, 0.6) is 0 Å². The molecule has 0 spiro atoms. The first-order valence-electron chi connectivity index (χ1n) is 6.49. The van der Waals surface area contributed by atoms with Gasteiger partial charge < -0.3 is 28.4 Å².